The van der Waals surface area contributed by atoms with Gasteiger partial charge in [-0.3, -0.25) is 14.9 Å². The highest BCUT2D eigenvalue weighted by atomic mass is 35.5. The molecule has 1 amide bonds. The summed E-state index contributed by atoms with van der Waals surface area (Å²) in [7, 11) is 0. The number of amides is 1. The number of aliphatic hydroxyl groups is 4. The molecule has 0 bridgehead atoms. The van der Waals surface area contributed by atoms with Gasteiger partial charge in [0.05, 0.1) is 30.5 Å². The fourth-order valence-electron chi connectivity index (χ4n) is 6.11. The molecular weight excluding hydrogens is 786 g/mol. The minimum atomic E-state index is -0.775. The fraction of sp³-hybridized carbons (Fsp3) is 0.729. The van der Waals surface area contributed by atoms with Crippen molar-refractivity contribution in [2.45, 2.75) is 212 Å². The third-order valence-electron chi connectivity index (χ3n) is 9.26. The standard InChI is InChI=1S/C19H36O4.C19H34O4.C10H12ClNO2/c2*1-3-4-5-6-7-8-9-10-11-12-13-14-18(21)15-19(22)16-23-17(2)20;1-7(2)14-10(13)12-9-5-3-4-8(11)6-9/h3,18-19,21-22H,1,4-16H2,2H3;1,18-19,21-22H,4-16H2,2H3;3-7H,1-2H3,(H,12,13). The van der Waals surface area contributed by atoms with Crippen LogP contribution in [0.15, 0.2) is 36.9 Å². The Kier molecular flexibility index (Phi) is 41.8. The second kappa shape index (κ2) is 42.5. The Hall–Kier alpha value is -3.14. The fourth-order valence-corrected chi connectivity index (χ4v) is 6.30. The number of rotatable bonds is 33. The molecule has 0 aliphatic carbocycles. The van der Waals surface area contributed by atoms with E-state index in [0.29, 0.717) is 23.6 Å². The first-order chi connectivity index (χ1) is 28.7. The lowest BCUT2D eigenvalue weighted by molar-refractivity contribution is -0.145. The zero-order valence-electron chi connectivity index (χ0n) is 37.6. The van der Waals surface area contributed by atoms with Crippen LogP contribution in [0.2, 0.25) is 5.02 Å². The summed E-state index contributed by atoms with van der Waals surface area (Å²) in [6.45, 7) is 9.86. The molecule has 12 heteroatoms. The van der Waals surface area contributed by atoms with E-state index in [4.69, 9.17) is 32.2 Å². The van der Waals surface area contributed by atoms with Gasteiger partial charge in [-0.05, 0) is 64.2 Å². The second-order valence-corrected chi connectivity index (χ2v) is 16.2. The van der Waals surface area contributed by atoms with E-state index in [1.165, 1.54) is 97.3 Å². The van der Waals surface area contributed by atoms with Crippen LogP contribution in [0.1, 0.15) is 182 Å². The number of ether oxygens (including phenoxy) is 3. The molecule has 0 aliphatic heterocycles. The Labute approximate surface area is 368 Å². The summed E-state index contributed by atoms with van der Waals surface area (Å²) in [5.74, 6) is 1.86. The van der Waals surface area contributed by atoms with Crippen LogP contribution in [0.5, 0.6) is 0 Å². The van der Waals surface area contributed by atoms with Crippen LogP contribution in [-0.4, -0.2) is 82.2 Å². The van der Waals surface area contributed by atoms with Crippen molar-refractivity contribution in [3.63, 3.8) is 0 Å². The first-order valence-corrected chi connectivity index (χ1v) is 22.8. The smallest absolute Gasteiger partial charge is 0.411 e. The Bertz CT molecular complexity index is 1240. The van der Waals surface area contributed by atoms with Crippen LogP contribution in [0.25, 0.3) is 0 Å². The maximum absolute atomic E-state index is 11.2. The maximum Gasteiger partial charge on any atom is 0.411 e. The molecule has 1 aromatic carbocycles. The van der Waals surface area contributed by atoms with Gasteiger partial charge in [-0.2, -0.15) is 0 Å². The molecule has 4 atom stereocenters. The molecule has 0 saturated carbocycles. The number of hydrogen-bond donors (Lipinski definition) is 5. The maximum atomic E-state index is 11.2. The molecule has 5 N–H and O–H groups in total. The van der Waals surface area contributed by atoms with Crippen LogP contribution >= 0.6 is 11.6 Å². The molecule has 1 rings (SSSR count). The van der Waals surface area contributed by atoms with Crippen molar-refractivity contribution in [3.05, 3.63) is 41.9 Å². The normalized spacial score (nSPS) is 12.6. The van der Waals surface area contributed by atoms with Crippen molar-refractivity contribution < 1.29 is 49.0 Å². The monoisotopic (exact) mass is 868 g/mol. The highest BCUT2D eigenvalue weighted by molar-refractivity contribution is 6.30. The summed E-state index contributed by atoms with van der Waals surface area (Å²) in [5, 5.41) is 42.0. The minimum absolute atomic E-state index is 0.0286. The van der Waals surface area contributed by atoms with Crippen molar-refractivity contribution in [2.75, 3.05) is 18.5 Å². The topological polar surface area (TPSA) is 172 Å². The van der Waals surface area contributed by atoms with E-state index in [1.807, 2.05) is 6.08 Å². The van der Waals surface area contributed by atoms with Gasteiger partial charge in [0.15, 0.2) is 0 Å². The SMILES string of the molecule is C#CCCCCCCCCCCCC(O)CC(O)COC(C)=O.C=CCCCCCCCCCCCC(O)CC(O)COC(C)=O.CC(C)OC(=O)Nc1cccc(Cl)c1. The predicted octanol–water partition coefficient (Wildman–Crippen LogP) is 11.0. The van der Waals surface area contributed by atoms with Gasteiger partial charge in [0.1, 0.15) is 13.2 Å². The van der Waals surface area contributed by atoms with Gasteiger partial charge >= 0.3 is 18.0 Å². The second-order valence-electron chi connectivity index (χ2n) is 15.8. The average molecular weight is 869 g/mol. The van der Waals surface area contributed by atoms with E-state index in [9.17, 15) is 34.8 Å². The lowest BCUT2D eigenvalue weighted by atomic mass is 10.0. The molecule has 1 aromatic rings. The van der Waals surface area contributed by atoms with Crippen LogP contribution in [0.3, 0.4) is 0 Å². The number of carbonyl (C=O) groups is 3. The molecule has 0 saturated heterocycles. The van der Waals surface area contributed by atoms with Crippen LogP contribution in [0, 0.1) is 12.3 Å². The van der Waals surface area contributed by atoms with Crippen molar-refractivity contribution in [1.82, 2.24) is 0 Å². The summed E-state index contributed by atoms with van der Waals surface area (Å²) >= 11 is 5.74. The molecule has 0 aliphatic rings. The highest BCUT2D eigenvalue weighted by Crippen LogP contribution is 2.17. The molecule has 4 unspecified atom stereocenters. The number of benzene rings is 1. The van der Waals surface area contributed by atoms with Gasteiger partial charge < -0.3 is 34.6 Å². The molecule has 0 heterocycles. The predicted molar refractivity (Wildman–Crippen MR) is 244 cm³/mol. The van der Waals surface area contributed by atoms with Crippen molar-refractivity contribution in [1.29, 1.82) is 0 Å². The molecule has 60 heavy (non-hydrogen) atoms. The number of unbranched alkanes of at least 4 members (excludes halogenated alkanes) is 18. The third kappa shape index (κ3) is 45.9. The van der Waals surface area contributed by atoms with E-state index >= 15 is 0 Å². The number of carbonyl (C=O) groups excluding carboxylic acids is 3. The van der Waals surface area contributed by atoms with Gasteiger partial charge in [0, 0.05) is 43.8 Å². The Morgan fingerprint density at radius 1 is 0.700 bits per heavy atom. The molecule has 0 aromatic heterocycles. The first kappa shape index (κ1) is 59.0. The molecule has 0 radical (unpaired) electrons. The molecule has 0 fully saturated rings. The number of terminal acetylenes is 1. The van der Waals surface area contributed by atoms with E-state index < -0.39 is 42.4 Å². The van der Waals surface area contributed by atoms with E-state index in [2.05, 4.69) is 17.8 Å². The lowest BCUT2D eigenvalue weighted by Crippen LogP contribution is -2.23. The van der Waals surface area contributed by atoms with Crippen LogP contribution in [-0.2, 0) is 23.8 Å². The number of halogens is 1. The number of nitrogens with one attached hydrogen (secondary N) is 1. The zero-order valence-corrected chi connectivity index (χ0v) is 38.3. The molecule has 11 nitrogen and oxygen atoms in total. The van der Waals surface area contributed by atoms with Gasteiger partial charge in [-0.25, -0.2) is 4.79 Å². The van der Waals surface area contributed by atoms with Crippen molar-refractivity contribution in [2.24, 2.45) is 0 Å². The summed E-state index contributed by atoms with van der Waals surface area (Å²) in [5.41, 5.74) is 0.628. The lowest BCUT2D eigenvalue weighted by Gasteiger charge is -2.15. The number of allylic oxidation sites excluding steroid dienone is 1. The summed E-state index contributed by atoms with van der Waals surface area (Å²) < 4.78 is 14.3. The summed E-state index contributed by atoms with van der Waals surface area (Å²) in [4.78, 5) is 32.4. The van der Waals surface area contributed by atoms with Crippen LogP contribution in [0.4, 0.5) is 10.5 Å². The summed E-state index contributed by atoms with van der Waals surface area (Å²) in [6, 6.07) is 6.89. The number of aliphatic hydroxyl groups excluding tert-OH is 4. The number of anilines is 1. The van der Waals surface area contributed by atoms with Gasteiger partial charge in [0.25, 0.3) is 0 Å². The van der Waals surface area contributed by atoms with E-state index in [0.717, 1.165) is 44.9 Å². The number of esters is 2. The van der Waals surface area contributed by atoms with Crippen LogP contribution < -0.4 is 5.32 Å². The molecule has 0 spiro atoms. The molecular formula is C48H82ClNO10. The van der Waals surface area contributed by atoms with Crippen molar-refractivity contribution in [3.8, 4) is 12.3 Å². The third-order valence-corrected chi connectivity index (χ3v) is 9.50. The van der Waals surface area contributed by atoms with E-state index in [1.54, 1.807) is 38.1 Å². The van der Waals surface area contributed by atoms with Gasteiger partial charge in [-0.1, -0.05) is 126 Å². The minimum Gasteiger partial charge on any atom is -0.463 e. The van der Waals surface area contributed by atoms with Crippen molar-refractivity contribution >= 4 is 35.3 Å². The quantitative estimate of drug-likeness (QED) is 0.0150. The highest BCUT2D eigenvalue weighted by Gasteiger charge is 2.14. The van der Waals surface area contributed by atoms with Gasteiger partial charge in [0.2, 0.25) is 0 Å². The van der Waals surface area contributed by atoms with Gasteiger partial charge in [-0.15, -0.1) is 18.9 Å². The average Bonchev–Trinajstić information content (AvgIpc) is 3.17. The number of hydrogen-bond acceptors (Lipinski definition) is 10. The Morgan fingerprint density at radius 3 is 1.50 bits per heavy atom. The zero-order chi connectivity index (χ0) is 45.2. The summed E-state index contributed by atoms with van der Waals surface area (Å²) in [6.07, 6.45) is 29.9. The largest absolute Gasteiger partial charge is 0.463 e. The van der Waals surface area contributed by atoms with E-state index in [-0.39, 0.29) is 32.2 Å². The Balaban J connectivity index is 0. The Morgan fingerprint density at radius 2 is 1.12 bits per heavy atom. The molecule has 346 valence electrons. The first-order valence-electron chi connectivity index (χ1n) is 22.5.